The third-order valence-electron chi connectivity index (χ3n) is 5.86. The van der Waals surface area contributed by atoms with Crippen LogP contribution in [0.1, 0.15) is 77.5 Å². The van der Waals surface area contributed by atoms with Gasteiger partial charge >= 0.3 is 5.97 Å². The lowest BCUT2D eigenvalue weighted by molar-refractivity contribution is 0.0692. The van der Waals surface area contributed by atoms with Crippen LogP contribution in [0.25, 0.3) is 0 Å². The molecule has 0 saturated heterocycles. The molecule has 2 aliphatic carbocycles. The van der Waals surface area contributed by atoms with Crippen LogP contribution >= 0.6 is 11.3 Å². The number of hydrogen-bond donors (Lipinski definition) is 1. The van der Waals surface area contributed by atoms with Crippen molar-refractivity contribution < 1.29 is 9.90 Å². The van der Waals surface area contributed by atoms with Crippen molar-refractivity contribution in [3.8, 4) is 0 Å². The summed E-state index contributed by atoms with van der Waals surface area (Å²) in [5, 5.41) is 9.98. The Bertz CT molecular complexity index is 617. The molecule has 1 saturated carbocycles. The Hall–Kier alpha value is -0.870. The summed E-state index contributed by atoms with van der Waals surface area (Å²) in [6.45, 7) is 5.61. The summed E-state index contributed by atoms with van der Waals surface area (Å²) in [5.41, 5.74) is 2.07. The van der Waals surface area contributed by atoms with Crippen LogP contribution in [0, 0.1) is 11.3 Å². The van der Waals surface area contributed by atoms with Gasteiger partial charge in [0, 0.05) is 16.3 Å². The second-order valence-corrected chi connectivity index (χ2v) is 9.94. The first kappa shape index (κ1) is 17.9. The highest BCUT2D eigenvalue weighted by molar-refractivity contribution is 7.12. The van der Waals surface area contributed by atoms with Crippen LogP contribution in [-0.2, 0) is 12.8 Å². The monoisotopic (exact) mass is 349 g/mol. The summed E-state index contributed by atoms with van der Waals surface area (Å²) in [7, 11) is 4.26. The molecule has 24 heavy (non-hydrogen) atoms. The van der Waals surface area contributed by atoms with Crippen LogP contribution in [0.5, 0.6) is 0 Å². The Morgan fingerprint density at radius 2 is 2.00 bits per heavy atom. The van der Waals surface area contributed by atoms with Crippen LogP contribution in [0.3, 0.4) is 0 Å². The van der Waals surface area contributed by atoms with Crippen molar-refractivity contribution in [1.82, 2.24) is 4.90 Å². The fourth-order valence-electron chi connectivity index (χ4n) is 4.68. The molecule has 0 bridgehead atoms. The Balaban J connectivity index is 2.00. The van der Waals surface area contributed by atoms with Gasteiger partial charge in [-0.05, 0) is 69.0 Å². The van der Waals surface area contributed by atoms with Gasteiger partial charge in [-0.3, -0.25) is 0 Å². The van der Waals surface area contributed by atoms with Crippen LogP contribution in [0.15, 0.2) is 0 Å². The number of thiophene rings is 1. The highest BCUT2D eigenvalue weighted by Crippen LogP contribution is 2.48. The van der Waals surface area contributed by atoms with E-state index in [0.717, 1.165) is 31.4 Å². The third kappa shape index (κ3) is 3.55. The van der Waals surface area contributed by atoms with Gasteiger partial charge in [-0.25, -0.2) is 4.79 Å². The number of carboxylic acids is 1. The summed E-state index contributed by atoms with van der Waals surface area (Å²) >= 11 is 1.83. The molecule has 0 aliphatic heterocycles. The Morgan fingerprint density at radius 1 is 1.29 bits per heavy atom. The third-order valence-corrected chi connectivity index (χ3v) is 7.29. The minimum atomic E-state index is -0.700. The number of nitrogens with zero attached hydrogens (tertiary/aromatic N) is 1. The standard InChI is InChI=1S/C20H31NO2S/c1-20(2)10-9-16-15(11-20)17(19(22)23)18(24-16)14-8-6-5-7-13(14)12-21(3)4/h13-14H,5-12H2,1-4H3,(H,22,23)/t13-,14-/m0/s1. The molecule has 4 heteroatoms. The van der Waals surface area contributed by atoms with Gasteiger partial charge in [-0.1, -0.05) is 26.7 Å². The van der Waals surface area contributed by atoms with Crippen molar-refractivity contribution >= 4 is 17.3 Å². The largest absolute Gasteiger partial charge is 0.478 e. The van der Waals surface area contributed by atoms with E-state index >= 15 is 0 Å². The lowest BCUT2D eigenvalue weighted by Crippen LogP contribution is -2.29. The molecule has 3 rings (SSSR count). The summed E-state index contributed by atoms with van der Waals surface area (Å²) in [5.74, 6) is 0.334. The summed E-state index contributed by atoms with van der Waals surface area (Å²) in [6.07, 6.45) is 8.06. The first-order chi connectivity index (χ1) is 11.3. The van der Waals surface area contributed by atoms with Crippen molar-refractivity contribution in [2.75, 3.05) is 20.6 Å². The zero-order chi connectivity index (χ0) is 17.5. The zero-order valence-corrected chi connectivity index (χ0v) is 16.3. The van der Waals surface area contributed by atoms with E-state index in [9.17, 15) is 9.90 Å². The van der Waals surface area contributed by atoms with Crippen LogP contribution in [0.2, 0.25) is 0 Å². The quantitative estimate of drug-likeness (QED) is 0.849. The van der Waals surface area contributed by atoms with E-state index in [1.807, 2.05) is 11.3 Å². The van der Waals surface area contributed by atoms with Crippen LogP contribution in [-0.4, -0.2) is 36.6 Å². The van der Waals surface area contributed by atoms with Crippen molar-refractivity contribution in [2.24, 2.45) is 11.3 Å². The minimum Gasteiger partial charge on any atom is -0.478 e. The maximum Gasteiger partial charge on any atom is 0.337 e. The fraction of sp³-hybridized carbons (Fsp3) is 0.750. The molecule has 1 aromatic rings. The lowest BCUT2D eigenvalue weighted by atomic mass is 9.73. The molecule has 0 aromatic carbocycles. The van der Waals surface area contributed by atoms with Gasteiger partial charge < -0.3 is 10.0 Å². The van der Waals surface area contributed by atoms with Gasteiger partial charge in [-0.2, -0.15) is 0 Å². The van der Waals surface area contributed by atoms with Crippen molar-refractivity contribution in [3.63, 3.8) is 0 Å². The van der Waals surface area contributed by atoms with Crippen molar-refractivity contribution in [1.29, 1.82) is 0 Å². The van der Waals surface area contributed by atoms with Crippen LogP contribution in [0.4, 0.5) is 0 Å². The molecule has 0 spiro atoms. The number of rotatable bonds is 4. The maximum atomic E-state index is 12.1. The molecule has 1 heterocycles. The average Bonchev–Trinajstić information content (AvgIpc) is 2.84. The van der Waals surface area contributed by atoms with Gasteiger partial charge in [-0.15, -0.1) is 11.3 Å². The normalized spacial score (nSPS) is 26.4. The van der Waals surface area contributed by atoms with Gasteiger partial charge in [0.15, 0.2) is 0 Å². The number of hydrogen-bond acceptors (Lipinski definition) is 3. The maximum absolute atomic E-state index is 12.1. The second-order valence-electron chi connectivity index (χ2n) is 8.80. The smallest absolute Gasteiger partial charge is 0.337 e. The summed E-state index contributed by atoms with van der Waals surface area (Å²) < 4.78 is 0. The number of fused-ring (bicyclic) bond motifs is 1. The topological polar surface area (TPSA) is 40.5 Å². The van der Waals surface area contributed by atoms with E-state index < -0.39 is 5.97 Å². The Labute approximate surface area is 150 Å². The van der Waals surface area contributed by atoms with E-state index in [1.165, 1.54) is 35.4 Å². The molecule has 1 fully saturated rings. The molecule has 134 valence electrons. The van der Waals surface area contributed by atoms with E-state index in [-0.39, 0.29) is 5.41 Å². The molecular weight excluding hydrogens is 318 g/mol. The highest BCUT2D eigenvalue weighted by atomic mass is 32.1. The molecule has 0 amide bonds. The fourth-order valence-corrected chi connectivity index (χ4v) is 6.22. The van der Waals surface area contributed by atoms with Gasteiger partial charge in [0.25, 0.3) is 0 Å². The predicted molar refractivity (Wildman–Crippen MR) is 100 cm³/mol. The Morgan fingerprint density at radius 3 is 2.67 bits per heavy atom. The number of aryl methyl sites for hydroxylation is 1. The SMILES string of the molecule is CN(C)C[C@@H]1CCCC[C@@H]1c1sc2c(c1C(=O)O)CC(C)(C)CC2. The minimum absolute atomic E-state index is 0.227. The van der Waals surface area contributed by atoms with E-state index in [0.29, 0.717) is 17.4 Å². The van der Waals surface area contributed by atoms with E-state index in [1.54, 1.807) is 0 Å². The average molecular weight is 350 g/mol. The molecule has 2 aliphatic rings. The summed E-state index contributed by atoms with van der Waals surface area (Å²) in [4.78, 5) is 16.9. The lowest BCUT2D eigenvalue weighted by Gasteiger charge is -2.33. The van der Waals surface area contributed by atoms with E-state index in [2.05, 4.69) is 32.8 Å². The molecule has 0 radical (unpaired) electrons. The first-order valence-electron chi connectivity index (χ1n) is 9.31. The molecule has 1 aromatic heterocycles. The molecule has 0 unspecified atom stereocenters. The highest BCUT2D eigenvalue weighted by Gasteiger charge is 2.37. The van der Waals surface area contributed by atoms with Crippen molar-refractivity contribution in [2.45, 2.75) is 64.7 Å². The second kappa shape index (κ2) is 6.80. The molecule has 2 atom stereocenters. The predicted octanol–water partition coefficient (Wildman–Crippen LogP) is 4.80. The number of carboxylic acid groups (broad SMARTS) is 1. The number of aromatic carboxylic acids is 1. The molecule has 3 nitrogen and oxygen atoms in total. The zero-order valence-electron chi connectivity index (χ0n) is 15.5. The van der Waals surface area contributed by atoms with Crippen LogP contribution < -0.4 is 0 Å². The summed E-state index contributed by atoms with van der Waals surface area (Å²) in [6, 6.07) is 0. The van der Waals surface area contributed by atoms with Gasteiger partial charge in [0.1, 0.15) is 0 Å². The van der Waals surface area contributed by atoms with Crippen molar-refractivity contribution in [3.05, 3.63) is 20.9 Å². The number of carbonyl (C=O) groups is 1. The van der Waals surface area contributed by atoms with Gasteiger partial charge in [0.2, 0.25) is 0 Å². The molecular formula is C20H31NO2S. The Kier molecular flexibility index (Phi) is 5.08. The first-order valence-corrected chi connectivity index (χ1v) is 10.1. The molecule has 1 N–H and O–H groups in total. The van der Waals surface area contributed by atoms with E-state index in [4.69, 9.17) is 0 Å². The van der Waals surface area contributed by atoms with Gasteiger partial charge in [0.05, 0.1) is 5.56 Å².